The van der Waals surface area contributed by atoms with E-state index in [4.69, 9.17) is 0 Å². The third-order valence-corrected chi connectivity index (χ3v) is 5.43. The smallest absolute Gasteiger partial charge is 0.267 e. The minimum absolute atomic E-state index is 0. The Kier molecular flexibility index (Phi) is 7.12. The zero-order valence-electron chi connectivity index (χ0n) is 15.7. The van der Waals surface area contributed by atoms with Gasteiger partial charge in [0.1, 0.15) is 11.3 Å². The van der Waals surface area contributed by atoms with Crippen LogP contribution in [0.4, 0.5) is 0 Å². The maximum absolute atomic E-state index is 12.9. The molecule has 2 aliphatic rings. The van der Waals surface area contributed by atoms with Crippen LogP contribution in [0.1, 0.15) is 67.2 Å². The zero-order valence-corrected chi connectivity index (χ0v) is 16.5. The van der Waals surface area contributed by atoms with E-state index in [-0.39, 0.29) is 35.3 Å². The molecular formula is C19H30ClN3O3. The number of pyridine rings is 1. The molecule has 0 spiro atoms. The fourth-order valence-electron chi connectivity index (χ4n) is 3.78. The first-order chi connectivity index (χ1) is 12.1. The largest absolute Gasteiger partial charge is 0.507 e. The number of hydrogen-bond acceptors (Lipinski definition) is 4. The Hall–Kier alpha value is -1.53. The van der Waals surface area contributed by atoms with Crippen molar-refractivity contribution in [3.05, 3.63) is 27.2 Å². The van der Waals surface area contributed by atoms with Crippen LogP contribution in [0, 0.1) is 0 Å². The Labute approximate surface area is 161 Å². The number of rotatable bonds is 7. The second-order valence-electron chi connectivity index (χ2n) is 7.05. The molecule has 0 saturated heterocycles. The van der Waals surface area contributed by atoms with Crippen molar-refractivity contribution in [2.75, 3.05) is 26.2 Å². The van der Waals surface area contributed by atoms with E-state index in [9.17, 15) is 14.7 Å². The Morgan fingerprint density at radius 2 is 1.88 bits per heavy atom. The van der Waals surface area contributed by atoms with E-state index < -0.39 is 5.91 Å². The van der Waals surface area contributed by atoms with Gasteiger partial charge in [-0.25, -0.2) is 0 Å². The summed E-state index contributed by atoms with van der Waals surface area (Å²) in [5.74, 6) is -0.533. The van der Waals surface area contributed by atoms with E-state index in [1.165, 1.54) is 0 Å². The van der Waals surface area contributed by atoms with E-state index in [1.54, 1.807) is 4.57 Å². The van der Waals surface area contributed by atoms with Crippen molar-refractivity contribution in [1.29, 1.82) is 0 Å². The summed E-state index contributed by atoms with van der Waals surface area (Å²) in [6.45, 7) is 7.21. The van der Waals surface area contributed by atoms with Crippen LogP contribution >= 0.6 is 12.4 Å². The van der Waals surface area contributed by atoms with Gasteiger partial charge in [0, 0.05) is 30.4 Å². The van der Waals surface area contributed by atoms with Gasteiger partial charge in [0.2, 0.25) is 0 Å². The minimum atomic E-state index is -0.447. The van der Waals surface area contributed by atoms with Crippen molar-refractivity contribution >= 4 is 18.3 Å². The normalized spacial score (nSPS) is 16.1. The second-order valence-corrected chi connectivity index (χ2v) is 7.05. The number of halogens is 1. The number of amides is 1. The summed E-state index contributed by atoms with van der Waals surface area (Å²) in [6.07, 6.45) is 5.56. The molecule has 26 heavy (non-hydrogen) atoms. The van der Waals surface area contributed by atoms with E-state index in [2.05, 4.69) is 24.1 Å². The zero-order chi connectivity index (χ0) is 18.0. The van der Waals surface area contributed by atoms with Gasteiger partial charge in [-0.15, -0.1) is 12.4 Å². The van der Waals surface area contributed by atoms with Gasteiger partial charge < -0.3 is 19.9 Å². The SMILES string of the molecule is CCN(CC)CCNC(=O)c1c(O)c2c(n(C3CC3)c1=O)CCCC2.Cl. The van der Waals surface area contributed by atoms with Gasteiger partial charge in [-0.05, 0) is 51.6 Å². The summed E-state index contributed by atoms with van der Waals surface area (Å²) < 4.78 is 1.80. The summed E-state index contributed by atoms with van der Waals surface area (Å²) in [5.41, 5.74) is 1.38. The highest BCUT2D eigenvalue weighted by Gasteiger charge is 2.33. The molecule has 7 heteroatoms. The van der Waals surface area contributed by atoms with Gasteiger partial charge in [0.25, 0.3) is 11.5 Å². The van der Waals surface area contributed by atoms with Crippen LogP contribution in [-0.4, -0.2) is 46.7 Å². The number of nitrogens with one attached hydrogen (secondary N) is 1. The average Bonchev–Trinajstić information content (AvgIpc) is 3.44. The van der Waals surface area contributed by atoms with Crippen molar-refractivity contribution in [3.8, 4) is 5.75 Å². The molecule has 146 valence electrons. The number of aromatic nitrogens is 1. The molecular weight excluding hydrogens is 354 g/mol. The van der Waals surface area contributed by atoms with Crippen molar-refractivity contribution in [2.45, 2.75) is 58.4 Å². The number of hydrogen-bond donors (Lipinski definition) is 2. The Bertz CT molecular complexity index is 709. The molecule has 1 fully saturated rings. The summed E-state index contributed by atoms with van der Waals surface area (Å²) in [6, 6.07) is 0.210. The lowest BCUT2D eigenvalue weighted by Gasteiger charge is -2.24. The van der Waals surface area contributed by atoms with Gasteiger partial charge in [0.15, 0.2) is 0 Å². The summed E-state index contributed by atoms with van der Waals surface area (Å²) in [4.78, 5) is 27.8. The van der Waals surface area contributed by atoms with Crippen LogP contribution in [0.3, 0.4) is 0 Å². The molecule has 2 aliphatic carbocycles. The molecule has 0 atom stereocenters. The van der Waals surface area contributed by atoms with Crippen molar-refractivity contribution in [3.63, 3.8) is 0 Å². The van der Waals surface area contributed by atoms with Gasteiger partial charge >= 0.3 is 0 Å². The van der Waals surface area contributed by atoms with Crippen LogP contribution in [0.5, 0.6) is 5.75 Å². The van der Waals surface area contributed by atoms with Gasteiger partial charge in [0.05, 0.1) is 0 Å². The molecule has 1 saturated carbocycles. The fraction of sp³-hybridized carbons (Fsp3) is 0.684. The lowest BCUT2D eigenvalue weighted by atomic mass is 9.93. The average molecular weight is 384 g/mol. The van der Waals surface area contributed by atoms with Crippen LogP contribution in [0.25, 0.3) is 0 Å². The third kappa shape index (κ3) is 4.07. The highest BCUT2D eigenvalue weighted by molar-refractivity contribution is 5.97. The predicted octanol–water partition coefficient (Wildman–Crippen LogP) is 2.26. The van der Waals surface area contributed by atoms with Crippen LogP contribution in [0.15, 0.2) is 4.79 Å². The molecule has 1 aromatic heterocycles. The van der Waals surface area contributed by atoms with Crippen LogP contribution in [0.2, 0.25) is 0 Å². The van der Waals surface area contributed by atoms with E-state index in [0.717, 1.165) is 69.4 Å². The van der Waals surface area contributed by atoms with E-state index in [1.807, 2.05) is 0 Å². The summed E-state index contributed by atoms with van der Waals surface area (Å²) in [5, 5.41) is 13.4. The fourth-order valence-corrected chi connectivity index (χ4v) is 3.78. The van der Waals surface area contributed by atoms with Crippen LogP contribution in [-0.2, 0) is 12.8 Å². The number of likely N-dealkylation sites (N-methyl/N-ethyl adjacent to an activating group) is 1. The molecule has 0 unspecified atom stereocenters. The first-order valence-corrected chi connectivity index (χ1v) is 9.58. The molecule has 2 N–H and O–H groups in total. The topological polar surface area (TPSA) is 74.6 Å². The maximum atomic E-state index is 12.9. The Morgan fingerprint density at radius 3 is 2.50 bits per heavy atom. The minimum Gasteiger partial charge on any atom is -0.507 e. The molecule has 6 nitrogen and oxygen atoms in total. The standard InChI is InChI=1S/C19H29N3O3.ClH/c1-3-21(4-2)12-11-20-18(24)16-17(23)14-7-5-6-8-15(14)22(19(16)25)13-9-10-13;/h13,23H,3-12H2,1-2H3,(H,20,24);1H. The maximum Gasteiger partial charge on any atom is 0.267 e. The second kappa shape index (κ2) is 8.91. The lowest BCUT2D eigenvalue weighted by Crippen LogP contribution is -2.39. The molecule has 3 rings (SSSR count). The van der Waals surface area contributed by atoms with Crippen molar-refractivity contribution in [2.24, 2.45) is 0 Å². The molecule has 0 aromatic carbocycles. The first kappa shape index (κ1) is 20.8. The van der Waals surface area contributed by atoms with Gasteiger partial charge in [-0.1, -0.05) is 13.8 Å². The lowest BCUT2D eigenvalue weighted by molar-refractivity contribution is 0.0943. The number of carbonyl (C=O) groups excluding carboxylic acids is 1. The van der Waals surface area contributed by atoms with Crippen molar-refractivity contribution in [1.82, 2.24) is 14.8 Å². The molecule has 1 aromatic rings. The Morgan fingerprint density at radius 1 is 1.23 bits per heavy atom. The molecule has 0 bridgehead atoms. The molecule has 1 amide bonds. The van der Waals surface area contributed by atoms with Crippen LogP contribution < -0.4 is 10.9 Å². The highest BCUT2D eigenvalue weighted by atomic mass is 35.5. The number of nitrogens with zero attached hydrogens (tertiary/aromatic N) is 2. The van der Waals surface area contributed by atoms with Crippen molar-refractivity contribution < 1.29 is 9.90 Å². The monoisotopic (exact) mass is 383 g/mol. The Balaban J connectivity index is 0.00000243. The molecule has 0 aliphatic heterocycles. The van der Waals surface area contributed by atoms with E-state index >= 15 is 0 Å². The van der Waals surface area contributed by atoms with Gasteiger partial charge in [-0.3, -0.25) is 9.59 Å². The van der Waals surface area contributed by atoms with E-state index in [0.29, 0.717) is 6.54 Å². The molecule has 0 radical (unpaired) electrons. The first-order valence-electron chi connectivity index (χ1n) is 9.58. The highest BCUT2D eigenvalue weighted by Crippen LogP contribution is 2.39. The number of aromatic hydroxyl groups is 1. The van der Waals surface area contributed by atoms with Gasteiger partial charge in [-0.2, -0.15) is 0 Å². The quantitative estimate of drug-likeness (QED) is 0.757. The molecule has 1 heterocycles. The summed E-state index contributed by atoms with van der Waals surface area (Å²) in [7, 11) is 0. The summed E-state index contributed by atoms with van der Waals surface area (Å²) >= 11 is 0. The predicted molar refractivity (Wildman–Crippen MR) is 105 cm³/mol. The third-order valence-electron chi connectivity index (χ3n) is 5.43. The number of carbonyl (C=O) groups is 1. The number of fused-ring (bicyclic) bond motifs is 1.